The molecule has 10 heteroatoms. The summed E-state index contributed by atoms with van der Waals surface area (Å²) in [6.07, 6.45) is -4.86. The molecule has 0 unspecified atom stereocenters. The molecule has 2 aromatic rings. The lowest BCUT2D eigenvalue weighted by molar-refractivity contribution is -0.274. The number of halogens is 3. The fourth-order valence-corrected chi connectivity index (χ4v) is 3.46. The van der Waals surface area contributed by atoms with E-state index in [9.17, 15) is 26.4 Å². The minimum Gasteiger partial charge on any atom is -0.406 e. The molecular formula is C15H11F3N2O4S. The highest BCUT2D eigenvalue weighted by Crippen LogP contribution is 2.28. The van der Waals surface area contributed by atoms with Gasteiger partial charge < -0.3 is 10.1 Å². The molecule has 0 radical (unpaired) electrons. The lowest BCUT2D eigenvalue weighted by atomic mass is 10.1. The molecule has 1 aliphatic rings. The maximum Gasteiger partial charge on any atom is 0.573 e. The number of hydrogen-bond acceptors (Lipinski definition) is 4. The maximum absolute atomic E-state index is 12.4. The van der Waals surface area contributed by atoms with Gasteiger partial charge in [0.1, 0.15) is 5.75 Å². The van der Waals surface area contributed by atoms with E-state index in [0.29, 0.717) is 12.1 Å². The van der Waals surface area contributed by atoms with E-state index in [1.165, 1.54) is 6.07 Å². The van der Waals surface area contributed by atoms with Gasteiger partial charge in [0.25, 0.3) is 15.9 Å². The Hall–Kier alpha value is -2.75. The molecule has 0 saturated carbocycles. The van der Waals surface area contributed by atoms with E-state index in [-0.39, 0.29) is 16.1 Å². The molecule has 6 nitrogen and oxygen atoms in total. The van der Waals surface area contributed by atoms with Crippen LogP contribution >= 0.6 is 0 Å². The maximum atomic E-state index is 12.4. The molecule has 0 saturated heterocycles. The van der Waals surface area contributed by atoms with Crippen LogP contribution in [-0.2, 0) is 16.6 Å². The Labute approximate surface area is 140 Å². The molecule has 0 aliphatic carbocycles. The van der Waals surface area contributed by atoms with Gasteiger partial charge in [-0.3, -0.25) is 9.52 Å². The first-order valence-corrected chi connectivity index (χ1v) is 8.43. The molecule has 0 atom stereocenters. The number of alkyl halides is 3. The molecule has 0 bridgehead atoms. The van der Waals surface area contributed by atoms with E-state index in [4.69, 9.17) is 0 Å². The molecule has 0 fully saturated rings. The van der Waals surface area contributed by atoms with Crippen molar-refractivity contribution < 1.29 is 31.1 Å². The van der Waals surface area contributed by atoms with E-state index >= 15 is 0 Å². The first-order valence-electron chi connectivity index (χ1n) is 6.94. The zero-order valence-electron chi connectivity index (χ0n) is 12.4. The van der Waals surface area contributed by atoms with Crippen molar-refractivity contribution in [2.75, 3.05) is 4.72 Å². The summed E-state index contributed by atoms with van der Waals surface area (Å²) in [5.41, 5.74) is 0.977. The van der Waals surface area contributed by atoms with Crippen LogP contribution in [-0.4, -0.2) is 20.7 Å². The Bertz CT molecular complexity index is 925. The largest absolute Gasteiger partial charge is 0.573 e. The van der Waals surface area contributed by atoms with Crippen LogP contribution < -0.4 is 14.8 Å². The van der Waals surface area contributed by atoms with Crippen molar-refractivity contribution in [1.29, 1.82) is 0 Å². The summed E-state index contributed by atoms with van der Waals surface area (Å²) in [6, 6.07) is 8.46. The second kappa shape index (κ2) is 5.96. The first-order chi connectivity index (χ1) is 11.7. The van der Waals surface area contributed by atoms with Crippen LogP contribution in [0.15, 0.2) is 47.4 Å². The van der Waals surface area contributed by atoms with Crippen LogP contribution in [0.3, 0.4) is 0 Å². The van der Waals surface area contributed by atoms with Crippen molar-refractivity contribution in [2.24, 2.45) is 0 Å². The minimum absolute atomic E-state index is 0.100. The molecule has 132 valence electrons. The molecule has 0 spiro atoms. The third kappa shape index (κ3) is 3.68. The fourth-order valence-electron chi connectivity index (χ4n) is 2.39. The number of benzene rings is 2. The highest BCUT2D eigenvalue weighted by molar-refractivity contribution is 7.92. The van der Waals surface area contributed by atoms with Gasteiger partial charge in [-0.15, -0.1) is 13.2 Å². The number of carbonyl (C=O) groups is 1. The third-order valence-corrected chi connectivity index (χ3v) is 4.81. The number of hydrogen-bond donors (Lipinski definition) is 2. The summed E-state index contributed by atoms with van der Waals surface area (Å²) in [4.78, 5) is 11.6. The van der Waals surface area contributed by atoms with Crippen LogP contribution in [0.1, 0.15) is 15.9 Å². The lowest BCUT2D eigenvalue weighted by Gasteiger charge is -2.12. The summed E-state index contributed by atoms with van der Waals surface area (Å²) in [7, 11) is -4.09. The minimum atomic E-state index is -4.86. The number of carbonyl (C=O) groups excluding carboxylic acids is 1. The SMILES string of the molecule is O=C1NCc2cccc(NS(=O)(=O)c3ccc(OC(F)(F)F)cc3)c21. The van der Waals surface area contributed by atoms with Gasteiger partial charge in [-0.25, -0.2) is 8.42 Å². The number of anilines is 1. The van der Waals surface area contributed by atoms with Gasteiger partial charge in [0.2, 0.25) is 0 Å². The number of sulfonamides is 1. The Morgan fingerprint density at radius 1 is 1.08 bits per heavy atom. The van der Waals surface area contributed by atoms with Crippen LogP contribution in [0.25, 0.3) is 0 Å². The van der Waals surface area contributed by atoms with Crippen LogP contribution in [0.4, 0.5) is 18.9 Å². The van der Waals surface area contributed by atoms with Crippen LogP contribution in [0.5, 0.6) is 5.75 Å². The topological polar surface area (TPSA) is 84.5 Å². The highest BCUT2D eigenvalue weighted by Gasteiger charge is 2.31. The van der Waals surface area contributed by atoms with Crippen LogP contribution in [0.2, 0.25) is 0 Å². The van der Waals surface area contributed by atoms with Crippen molar-refractivity contribution in [3.8, 4) is 5.75 Å². The molecule has 3 rings (SSSR count). The van der Waals surface area contributed by atoms with Gasteiger partial charge in [0.05, 0.1) is 16.1 Å². The van der Waals surface area contributed by atoms with Gasteiger partial charge in [0.15, 0.2) is 0 Å². The Kier molecular flexibility index (Phi) is 4.07. The zero-order valence-corrected chi connectivity index (χ0v) is 13.2. The first kappa shape index (κ1) is 17.1. The predicted octanol–water partition coefficient (Wildman–Crippen LogP) is 2.63. The molecule has 2 aromatic carbocycles. The summed E-state index contributed by atoms with van der Waals surface area (Å²) in [6.45, 7) is 0.299. The van der Waals surface area contributed by atoms with E-state index in [0.717, 1.165) is 24.3 Å². The number of fused-ring (bicyclic) bond motifs is 1. The van der Waals surface area contributed by atoms with E-state index in [2.05, 4.69) is 14.8 Å². The van der Waals surface area contributed by atoms with E-state index < -0.39 is 28.0 Å². The Balaban J connectivity index is 1.86. The Morgan fingerprint density at radius 3 is 2.40 bits per heavy atom. The Morgan fingerprint density at radius 2 is 1.76 bits per heavy atom. The molecule has 1 amide bonds. The summed E-state index contributed by atoms with van der Waals surface area (Å²) < 4.78 is 67.2. The van der Waals surface area contributed by atoms with E-state index in [1.54, 1.807) is 12.1 Å². The average Bonchev–Trinajstić information content (AvgIpc) is 2.88. The van der Waals surface area contributed by atoms with Gasteiger partial charge in [-0.1, -0.05) is 12.1 Å². The zero-order chi connectivity index (χ0) is 18.2. The lowest BCUT2D eigenvalue weighted by Crippen LogP contribution is -2.18. The summed E-state index contributed by atoms with van der Waals surface area (Å²) in [5.74, 6) is -0.936. The third-order valence-electron chi connectivity index (χ3n) is 3.43. The number of nitrogens with one attached hydrogen (secondary N) is 2. The molecule has 0 aromatic heterocycles. The second-order valence-corrected chi connectivity index (χ2v) is 6.83. The highest BCUT2D eigenvalue weighted by atomic mass is 32.2. The van der Waals surface area contributed by atoms with Gasteiger partial charge in [-0.05, 0) is 35.9 Å². The number of amides is 1. The van der Waals surface area contributed by atoms with E-state index in [1.807, 2.05) is 0 Å². The monoisotopic (exact) mass is 372 g/mol. The predicted molar refractivity (Wildman–Crippen MR) is 81.5 cm³/mol. The van der Waals surface area contributed by atoms with Gasteiger partial charge >= 0.3 is 6.36 Å². The smallest absolute Gasteiger partial charge is 0.406 e. The van der Waals surface area contributed by atoms with Crippen molar-refractivity contribution in [2.45, 2.75) is 17.8 Å². The molecular weight excluding hydrogens is 361 g/mol. The van der Waals surface area contributed by atoms with Gasteiger partial charge in [0, 0.05) is 6.54 Å². The van der Waals surface area contributed by atoms with Crippen LogP contribution in [0, 0.1) is 0 Å². The summed E-state index contributed by atoms with van der Waals surface area (Å²) >= 11 is 0. The molecule has 25 heavy (non-hydrogen) atoms. The molecule has 1 aliphatic heterocycles. The standard InChI is InChI=1S/C15H11F3N2O4S/c16-15(17,18)24-10-4-6-11(7-5-10)25(22,23)20-12-3-1-2-9-8-19-14(21)13(9)12/h1-7,20H,8H2,(H,19,21). The second-order valence-electron chi connectivity index (χ2n) is 5.15. The average molecular weight is 372 g/mol. The van der Waals surface area contributed by atoms with Crippen molar-refractivity contribution >= 4 is 21.6 Å². The number of ether oxygens (including phenoxy) is 1. The quantitative estimate of drug-likeness (QED) is 0.864. The fraction of sp³-hybridized carbons (Fsp3) is 0.133. The molecule has 1 heterocycles. The normalized spacial score (nSPS) is 14.0. The van der Waals surface area contributed by atoms with Crippen molar-refractivity contribution in [1.82, 2.24) is 5.32 Å². The van der Waals surface area contributed by atoms with Crippen molar-refractivity contribution in [3.63, 3.8) is 0 Å². The van der Waals surface area contributed by atoms with Gasteiger partial charge in [-0.2, -0.15) is 0 Å². The number of rotatable bonds is 4. The molecule has 2 N–H and O–H groups in total. The summed E-state index contributed by atoms with van der Waals surface area (Å²) in [5, 5.41) is 2.58. The van der Waals surface area contributed by atoms with Crippen molar-refractivity contribution in [3.05, 3.63) is 53.6 Å².